The van der Waals surface area contributed by atoms with Gasteiger partial charge in [-0.1, -0.05) is 38.1 Å². The van der Waals surface area contributed by atoms with Crippen molar-refractivity contribution in [2.24, 2.45) is 0 Å². The van der Waals surface area contributed by atoms with Crippen LogP contribution in [0.1, 0.15) is 25.3 Å². The zero-order valence-corrected chi connectivity index (χ0v) is 13.0. The summed E-state index contributed by atoms with van der Waals surface area (Å²) >= 11 is 0. The maximum Gasteiger partial charge on any atom is 0.293 e. The van der Waals surface area contributed by atoms with Gasteiger partial charge in [0.15, 0.2) is 0 Å². The van der Waals surface area contributed by atoms with Crippen molar-refractivity contribution in [2.75, 3.05) is 4.72 Å². The number of nitrogens with zero attached hydrogens (tertiary/aromatic N) is 1. The number of nitrogens with one attached hydrogen (secondary N) is 1. The topological polar surface area (TPSA) is 89.3 Å². The molecule has 0 spiro atoms. The molecule has 0 bridgehead atoms. The first-order valence-electron chi connectivity index (χ1n) is 6.67. The van der Waals surface area contributed by atoms with E-state index < -0.39 is 14.9 Å². The average molecular weight is 320 g/mol. The quantitative estimate of drug-likeness (QED) is 0.674. The van der Waals surface area contributed by atoms with E-state index in [2.05, 4.69) is 4.72 Å². The van der Waals surface area contributed by atoms with E-state index in [1.165, 1.54) is 36.4 Å². The minimum atomic E-state index is -3.87. The molecule has 2 aromatic rings. The number of hydrogen-bond donors (Lipinski definition) is 1. The van der Waals surface area contributed by atoms with E-state index in [9.17, 15) is 18.5 Å². The first-order chi connectivity index (χ1) is 10.3. The molecule has 0 atom stereocenters. The van der Waals surface area contributed by atoms with Crippen molar-refractivity contribution in [3.8, 4) is 0 Å². The van der Waals surface area contributed by atoms with Gasteiger partial charge in [0.25, 0.3) is 15.7 Å². The Labute approximate surface area is 129 Å². The van der Waals surface area contributed by atoms with Gasteiger partial charge in [0.1, 0.15) is 5.69 Å². The summed E-state index contributed by atoms with van der Waals surface area (Å²) in [5.41, 5.74) is 0.676. The van der Waals surface area contributed by atoms with Crippen LogP contribution in [0.15, 0.2) is 53.4 Å². The smallest absolute Gasteiger partial charge is 0.273 e. The molecule has 6 nitrogen and oxygen atoms in total. The molecule has 0 saturated heterocycles. The van der Waals surface area contributed by atoms with Gasteiger partial charge < -0.3 is 0 Å². The van der Waals surface area contributed by atoms with E-state index in [4.69, 9.17) is 0 Å². The minimum absolute atomic E-state index is 0.0552. The molecular formula is C15H16N2O4S. The predicted molar refractivity (Wildman–Crippen MR) is 84.4 cm³/mol. The molecule has 0 aliphatic heterocycles. The normalized spacial score (nSPS) is 11.4. The van der Waals surface area contributed by atoms with Crippen LogP contribution in [0.5, 0.6) is 0 Å². The molecule has 0 fully saturated rings. The summed E-state index contributed by atoms with van der Waals surface area (Å²) in [5, 5.41) is 10.9. The summed E-state index contributed by atoms with van der Waals surface area (Å²) in [6.45, 7) is 4.02. The molecule has 0 amide bonds. The zero-order chi connectivity index (χ0) is 16.3. The van der Waals surface area contributed by atoms with Gasteiger partial charge in [-0.15, -0.1) is 0 Å². The van der Waals surface area contributed by atoms with Crippen molar-refractivity contribution in [3.63, 3.8) is 0 Å². The maximum absolute atomic E-state index is 12.3. The van der Waals surface area contributed by atoms with Crippen LogP contribution in [0, 0.1) is 10.1 Å². The van der Waals surface area contributed by atoms with Gasteiger partial charge in [-0.2, -0.15) is 0 Å². The Bertz CT molecular complexity index is 783. The number of hydrogen-bond acceptors (Lipinski definition) is 4. The molecule has 0 unspecified atom stereocenters. The zero-order valence-electron chi connectivity index (χ0n) is 12.2. The maximum atomic E-state index is 12.3. The molecule has 22 heavy (non-hydrogen) atoms. The van der Waals surface area contributed by atoms with Crippen LogP contribution in [0.25, 0.3) is 0 Å². The minimum Gasteiger partial charge on any atom is -0.273 e. The number of rotatable bonds is 5. The van der Waals surface area contributed by atoms with Crippen LogP contribution < -0.4 is 4.72 Å². The highest BCUT2D eigenvalue weighted by molar-refractivity contribution is 7.92. The fourth-order valence-corrected chi connectivity index (χ4v) is 3.03. The summed E-state index contributed by atoms with van der Waals surface area (Å²) in [5.74, 6) is 0.292. The lowest BCUT2D eigenvalue weighted by molar-refractivity contribution is -0.383. The summed E-state index contributed by atoms with van der Waals surface area (Å²) in [7, 11) is -3.87. The van der Waals surface area contributed by atoms with Gasteiger partial charge in [0.05, 0.1) is 9.82 Å². The van der Waals surface area contributed by atoms with Crippen LogP contribution in [-0.2, 0) is 10.0 Å². The monoisotopic (exact) mass is 320 g/mol. The SMILES string of the molecule is CC(C)c1ccc(S(=O)(=O)Nc2ccccc2[N+](=O)[O-])cc1. The van der Waals surface area contributed by atoms with Gasteiger partial charge in [0, 0.05) is 6.07 Å². The first-order valence-corrected chi connectivity index (χ1v) is 8.16. The van der Waals surface area contributed by atoms with Crippen LogP contribution in [-0.4, -0.2) is 13.3 Å². The lowest BCUT2D eigenvalue weighted by Crippen LogP contribution is -2.14. The molecule has 0 aliphatic carbocycles. The van der Waals surface area contributed by atoms with E-state index in [1.54, 1.807) is 12.1 Å². The van der Waals surface area contributed by atoms with Crippen molar-refractivity contribution in [1.29, 1.82) is 0 Å². The third-order valence-corrected chi connectivity index (χ3v) is 4.58. The number of sulfonamides is 1. The average Bonchev–Trinajstić information content (AvgIpc) is 2.47. The molecule has 116 valence electrons. The Morgan fingerprint density at radius 2 is 1.64 bits per heavy atom. The van der Waals surface area contributed by atoms with E-state index in [0.717, 1.165) is 5.56 Å². The lowest BCUT2D eigenvalue weighted by Gasteiger charge is -2.10. The van der Waals surface area contributed by atoms with E-state index in [-0.39, 0.29) is 16.3 Å². The molecule has 2 aromatic carbocycles. The largest absolute Gasteiger partial charge is 0.293 e. The van der Waals surface area contributed by atoms with Crippen molar-refractivity contribution >= 4 is 21.4 Å². The van der Waals surface area contributed by atoms with Crippen LogP contribution in [0.4, 0.5) is 11.4 Å². The fraction of sp³-hybridized carbons (Fsp3) is 0.200. The van der Waals surface area contributed by atoms with Crippen molar-refractivity contribution in [3.05, 3.63) is 64.2 Å². The fourth-order valence-electron chi connectivity index (χ4n) is 1.95. The summed E-state index contributed by atoms with van der Waals surface area (Å²) in [6, 6.07) is 12.1. The third-order valence-electron chi connectivity index (χ3n) is 3.20. The summed E-state index contributed by atoms with van der Waals surface area (Å²) in [6.07, 6.45) is 0. The summed E-state index contributed by atoms with van der Waals surface area (Å²) < 4.78 is 26.9. The molecule has 0 heterocycles. The highest BCUT2D eigenvalue weighted by Crippen LogP contribution is 2.26. The first kappa shape index (κ1) is 16.0. The van der Waals surface area contributed by atoms with Gasteiger partial charge >= 0.3 is 0 Å². The number of nitro benzene ring substituents is 1. The molecule has 0 saturated carbocycles. The van der Waals surface area contributed by atoms with Crippen LogP contribution in [0.2, 0.25) is 0 Å². The molecule has 0 radical (unpaired) electrons. The Hall–Kier alpha value is -2.41. The van der Waals surface area contributed by atoms with E-state index >= 15 is 0 Å². The molecule has 1 N–H and O–H groups in total. The third kappa shape index (κ3) is 3.43. The second kappa shape index (κ2) is 6.15. The van der Waals surface area contributed by atoms with Gasteiger partial charge in [-0.3, -0.25) is 14.8 Å². The van der Waals surface area contributed by atoms with Gasteiger partial charge in [0.2, 0.25) is 0 Å². The Morgan fingerprint density at radius 1 is 1.05 bits per heavy atom. The molecular weight excluding hydrogens is 304 g/mol. The highest BCUT2D eigenvalue weighted by atomic mass is 32.2. The summed E-state index contributed by atoms with van der Waals surface area (Å²) in [4.78, 5) is 10.4. The van der Waals surface area contributed by atoms with Gasteiger partial charge in [-0.05, 0) is 29.7 Å². The number of para-hydroxylation sites is 2. The standard InChI is InChI=1S/C15H16N2O4S/c1-11(2)12-7-9-13(10-8-12)22(20,21)16-14-5-3-4-6-15(14)17(18)19/h3-11,16H,1-2H3. The number of benzene rings is 2. The Morgan fingerprint density at radius 3 is 2.18 bits per heavy atom. The lowest BCUT2D eigenvalue weighted by atomic mass is 10.0. The van der Waals surface area contributed by atoms with Crippen molar-refractivity contribution < 1.29 is 13.3 Å². The van der Waals surface area contributed by atoms with Crippen LogP contribution >= 0.6 is 0 Å². The predicted octanol–water partition coefficient (Wildman–Crippen LogP) is 3.52. The van der Waals surface area contributed by atoms with Crippen LogP contribution in [0.3, 0.4) is 0 Å². The molecule has 0 aliphatic rings. The highest BCUT2D eigenvalue weighted by Gasteiger charge is 2.20. The van der Waals surface area contributed by atoms with Crippen molar-refractivity contribution in [2.45, 2.75) is 24.7 Å². The Kier molecular flexibility index (Phi) is 4.46. The number of nitro groups is 1. The van der Waals surface area contributed by atoms with Gasteiger partial charge in [-0.25, -0.2) is 8.42 Å². The van der Waals surface area contributed by atoms with Crippen molar-refractivity contribution in [1.82, 2.24) is 0 Å². The van der Waals surface area contributed by atoms with E-state index in [0.29, 0.717) is 5.92 Å². The molecule has 7 heteroatoms. The second-order valence-electron chi connectivity index (χ2n) is 5.10. The number of anilines is 1. The van der Waals surface area contributed by atoms with E-state index in [1.807, 2.05) is 13.8 Å². The molecule has 0 aromatic heterocycles. The molecule has 2 rings (SSSR count). The second-order valence-corrected chi connectivity index (χ2v) is 6.79. The Balaban J connectivity index is 2.34.